The number of nitrogens with one attached hydrogen (secondary N) is 1. The maximum absolute atomic E-state index is 13.0. The lowest BCUT2D eigenvalue weighted by molar-refractivity contribution is 0.0756. The van der Waals surface area contributed by atoms with E-state index in [1.165, 1.54) is 10.6 Å². The highest BCUT2D eigenvalue weighted by molar-refractivity contribution is 7.88. The van der Waals surface area contributed by atoms with E-state index in [0.29, 0.717) is 43.1 Å². The van der Waals surface area contributed by atoms with Gasteiger partial charge in [-0.3, -0.25) is 9.36 Å². The fourth-order valence-electron chi connectivity index (χ4n) is 2.95. The number of aromatic nitrogens is 2. The van der Waals surface area contributed by atoms with Gasteiger partial charge >= 0.3 is 0 Å². The van der Waals surface area contributed by atoms with E-state index in [0.717, 1.165) is 5.69 Å². The zero-order valence-corrected chi connectivity index (χ0v) is 15.5. The standard InChI is InChI=1S/C16H20N4O3S2/c1-25(22,23)19-9-5-8-18(10-11-19)15(21)14-12-17-16(24)20(14)13-6-3-2-4-7-13/h2-4,6-7,12H,5,8-11H2,1H3,(H,17,24). The van der Waals surface area contributed by atoms with Crippen molar-refractivity contribution in [3.8, 4) is 5.69 Å². The normalized spacial score (nSPS) is 16.6. The molecule has 1 aliphatic rings. The molecule has 0 radical (unpaired) electrons. The molecule has 1 aromatic carbocycles. The molecule has 9 heteroatoms. The fraction of sp³-hybridized carbons (Fsp3) is 0.375. The second kappa shape index (κ2) is 7.11. The largest absolute Gasteiger partial charge is 0.336 e. The average Bonchev–Trinajstić information content (AvgIpc) is 2.80. The summed E-state index contributed by atoms with van der Waals surface area (Å²) in [7, 11) is -3.24. The summed E-state index contributed by atoms with van der Waals surface area (Å²) >= 11 is 5.32. The summed E-state index contributed by atoms with van der Waals surface area (Å²) in [6.07, 6.45) is 3.41. The van der Waals surface area contributed by atoms with E-state index in [1.807, 2.05) is 30.3 Å². The highest BCUT2D eigenvalue weighted by Gasteiger charge is 2.26. The number of carbonyl (C=O) groups is 1. The van der Waals surface area contributed by atoms with Gasteiger partial charge in [0.05, 0.1) is 6.26 Å². The SMILES string of the molecule is CS(=O)(=O)N1CCCN(C(=O)c2c[nH]c(=S)n2-c2ccccc2)CC1. The van der Waals surface area contributed by atoms with E-state index >= 15 is 0 Å². The number of benzene rings is 1. The fourth-order valence-corrected chi connectivity index (χ4v) is 4.09. The van der Waals surface area contributed by atoms with E-state index < -0.39 is 10.0 Å². The van der Waals surface area contributed by atoms with Crippen LogP contribution in [-0.2, 0) is 10.0 Å². The molecule has 25 heavy (non-hydrogen) atoms. The Kier molecular flexibility index (Phi) is 5.07. The Bertz CT molecular complexity index is 918. The smallest absolute Gasteiger partial charge is 0.272 e. The van der Waals surface area contributed by atoms with Crippen molar-refractivity contribution < 1.29 is 13.2 Å². The van der Waals surface area contributed by atoms with Crippen molar-refractivity contribution in [2.75, 3.05) is 32.4 Å². The van der Waals surface area contributed by atoms with E-state index in [9.17, 15) is 13.2 Å². The number of hydrogen-bond donors (Lipinski definition) is 1. The topological polar surface area (TPSA) is 78.4 Å². The first-order chi connectivity index (χ1) is 11.9. The third-order valence-corrected chi connectivity index (χ3v) is 5.82. The van der Waals surface area contributed by atoms with Gasteiger partial charge in [-0.2, -0.15) is 0 Å². The first kappa shape index (κ1) is 17.8. The molecule has 0 unspecified atom stereocenters. The number of nitrogens with zero attached hydrogens (tertiary/aromatic N) is 3. The monoisotopic (exact) mass is 380 g/mol. The molecule has 0 spiro atoms. The van der Waals surface area contributed by atoms with Crippen molar-refractivity contribution in [3.63, 3.8) is 0 Å². The Balaban J connectivity index is 1.86. The highest BCUT2D eigenvalue weighted by atomic mass is 32.2. The summed E-state index contributed by atoms with van der Waals surface area (Å²) in [5, 5.41) is 0. The van der Waals surface area contributed by atoms with Crippen LogP contribution in [0, 0.1) is 4.77 Å². The number of hydrogen-bond acceptors (Lipinski definition) is 4. The first-order valence-corrected chi connectivity index (χ1v) is 10.2. The second-order valence-electron chi connectivity index (χ2n) is 5.96. The van der Waals surface area contributed by atoms with Crippen LogP contribution in [0.2, 0.25) is 0 Å². The molecule has 0 bridgehead atoms. The molecule has 0 aliphatic carbocycles. The molecule has 1 aromatic heterocycles. The van der Waals surface area contributed by atoms with E-state index in [-0.39, 0.29) is 5.91 Å². The Morgan fingerprint density at radius 1 is 1.12 bits per heavy atom. The van der Waals surface area contributed by atoms with Crippen LogP contribution in [-0.4, -0.2) is 65.5 Å². The molecule has 134 valence electrons. The van der Waals surface area contributed by atoms with Gasteiger partial charge in [0, 0.05) is 38.1 Å². The predicted molar refractivity (Wildman–Crippen MR) is 97.9 cm³/mol. The van der Waals surface area contributed by atoms with Crippen LogP contribution < -0.4 is 0 Å². The Hall–Kier alpha value is -1.97. The number of para-hydroxylation sites is 1. The minimum Gasteiger partial charge on any atom is -0.336 e. The zero-order chi connectivity index (χ0) is 18.0. The second-order valence-corrected chi connectivity index (χ2v) is 8.33. The van der Waals surface area contributed by atoms with Crippen LogP contribution in [0.4, 0.5) is 0 Å². The van der Waals surface area contributed by atoms with Crippen LogP contribution in [0.25, 0.3) is 5.69 Å². The van der Waals surface area contributed by atoms with Gasteiger partial charge in [0.2, 0.25) is 10.0 Å². The third-order valence-electron chi connectivity index (χ3n) is 4.22. The van der Waals surface area contributed by atoms with E-state index in [4.69, 9.17) is 12.2 Å². The summed E-state index contributed by atoms with van der Waals surface area (Å²) in [5.41, 5.74) is 1.26. The molecule has 2 aromatic rings. The van der Waals surface area contributed by atoms with Crippen LogP contribution in [0.5, 0.6) is 0 Å². The molecule has 1 saturated heterocycles. The number of amides is 1. The highest BCUT2D eigenvalue weighted by Crippen LogP contribution is 2.16. The number of sulfonamides is 1. The summed E-state index contributed by atoms with van der Waals surface area (Å²) in [5.74, 6) is -0.161. The number of H-pyrrole nitrogens is 1. The number of aromatic amines is 1. The van der Waals surface area contributed by atoms with Gasteiger partial charge in [-0.25, -0.2) is 12.7 Å². The van der Waals surface area contributed by atoms with Crippen LogP contribution in [0.15, 0.2) is 36.5 Å². The van der Waals surface area contributed by atoms with Crippen molar-refractivity contribution in [1.82, 2.24) is 18.8 Å². The molecule has 7 nitrogen and oxygen atoms in total. The van der Waals surface area contributed by atoms with Crippen molar-refractivity contribution in [1.29, 1.82) is 0 Å². The molecular weight excluding hydrogens is 360 g/mol. The van der Waals surface area contributed by atoms with Gasteiger partial charge in [-0.05, 0) is 30.8 Å². The average molecular weight is 380 g/mol. The Labute approximate surface area is 151 Å². The van der Waals surface area contributed by atoms with Crippen molar-refractivity contribution in [2.45, 2.75) is 6.42 Å². The van der Waals surface area contributed by atoms with Crippen molar-refractivity contribution in [2.24, 2.45) is 0 Å². The lowest BCUT2D eigenvalue weighted by atomic mass is 10.3. The van der Waals surface area contributed by atoms with E-state index in [1.54, 1.807) is 15.7 Å². The van der Waals surface area contributed by atoms with Crippen LogP contribution >= 0.6 is 12.2 Å². The molecule has 1 amide bonds. The minimum atomic E-state index is -3.24. The summed E-state index contributed by atoms with van der Waals surface area (Å²) in [6.45, 7) is 1.61. The number of carbonyl (C=O) groups excluding carboxylic acids is 1. The molecule has 1 fully saturated rings. The maximum atomic E-state index is 13.0. The van der Waals surface area contributed by atoms with Gasteiger partial charge in [0.1, 0.15) is 5.69 Å². The van der Waals surface area contributed by atoms with Crippen molar-refractivity contribution >= 4 is 28.1 Å². The maximum Gasteiger partial charge on any atom is 0.272 e. The first-order valence-electron chi connectivity index (χ1n) is 7.98. The number of rotatable bonds is 3. The van der Waals surface area contributed by atoms with Crippen LogP contribution in [0.3, 0.4) is 0 Å². The molecule has 3 rings (SSSR count). The molecule has 2 heterocycles. The minimum absolute atomic E-state index is 0.161. The molecular formula is C16H20N4O3S2. The van der Waals surface area contributed by atoms with E-state index in [2.05, 4.69) is 4.98 Å². The zero-order valence-electron chi connectivity index (χ0n) is 13.9. The quantitative estimate of drug-likeness (QED) is 0.821. The molecule has 0 saturated carbocycles. The summed E-state index contributed by atoms with van der Waals surface area (Å²) < 4.78 is 27.0. The summed E-state index contributed by atoms with van der Waals surface area (Å²) in [6, 6.07) is 9.43. The predicted octanol–water partition coefficient (Wildman–Crippen LogP) is 1.64. The number of imidazole rings is 1. The Morgan fingerprint density at radius 3 is 2.52 bits per heavy atom. The molecule has 1 aliphatic heterocycles. The van der Waals surface area contributed by atoms with Gasteiger partial charge < -0.3 is 9.88 Å². The van der Waals surface area contributed by atoms with Gasteiger partial charge in [-0.15, -0.1) is 0 Å². The summed E-state index contributed by atoms with van der Waals surface area (Å²) in [4.78, 5) is 17.6. The molecule has 0 atom stereocenters. The van der Waals surface area contributed by atoms with Gasteiger partial charge in [-0.1, -0.05) is 18.2 Å². The van der Waals surface area contributed by atoms with Crippen LogP contribution in [0.1, 0.15) is 16.9 Å². The Morgan fingerprint density at radius 2 is 1.84 bits per heavy atom. The lowest BCUT2D eigenvalue weighted by Gasteiger charge is -2.21. The van der Waals surface area contributed by atoms with Gasteiger partial charge in [0.25, 0.3) is 5.91 Å². The molecule has 1 N–H and O–H groups in total. The lowest BCUT2D eigenvalue weighted by Crippen LogP contribution is -2.37. The third kappa shape index (κ3) is 3.83. The van der Waals surface area contributed by atoms with Crippen molar-refractivity contribution in [3.05, 3.63) is 47.0 Å². The van der Waals surface area contributed by atoms with Gasteiger partial charge in [0.15, 0.2) is 4.77 Å².